The summed E-state index contributed by atoms with van der Waals surface area (Å²) in [4.78, 5) is 37.8. The van der Waals surface area contributed by atoms with Crippen LogP contribution in [0.4, 0.5) is 22.8 Å². The lowest BCUT2D eigenvalue weighted by atomic mass is 9.43. The van der Waals surface area contributed by atoms with E-state index in [-0.39, 0.29) is 6.54 Å². The SMILES string of the molecule is CC(c1cccc(C(F)(F)F)c1)N(C(=O)CNC(N)=O)C12CC(NC(=O)OC(C)(C)C)(C1)C2. The van der Waals surface area contributed by atoms with Gasteiger partial charge in [-0.2, -0.15) is 13.2 Å². The minimum atomic E-state index is -4.52. The number of halogens is 3. The summed E-state index contributed by atoms with van der Waals surface area (Å²) in [6.45, 7) is 6.51. The zero-order chi connectivity index (χ0) is 24.8. The van der Waals surface area contributed by atoms with Crippen LogP contribution in [-0.4, -0.2) is 46.2 Å². The van der Waals surface area contributed by atoms with E-state index in [4.69, 9.17) is 10.5 Å². The maximum absolute atomic E-state index is 13.2. The largest absolute Gasteiger partial charge is 0.444 e. The van der Waals surface area contributed by atoms with Gasteiger partial charge in [-0.1, -0.05) is 12.1 Å². The van der Waals surface area contributed by atoms with Crippen LogP contribution in [0.5, 0.6) is 0 Å². The fraction of sp³-hybridized carbons (Fsp3) is 0.591. The molecule has 1 atom stereocenters. The lowest BCUT2D eigenvalue weighted by Gasteiger charge is -2.74. The van der Waals surface area contributed by atoms with Gasteiger partial charge >= 0.3 is 18.3 Å². The van der Waals surface area contributed by atoms with Crippen molar-refractivity contribution in [1.29, 1.82) is 0 Å². The first kappa shape index (κ1) is 24.7. The van der Waals surface area contributed by atoms with Gasteiger partial charge in [0.05, 0.1) is 29.2 Å². The number of alkyl carbamates (subject to hydrolysis) is 1. The predicted molar refractivity (Wildman–Crippen MR) is 113 cm³/mol. The number of urea groups is 1. The van der Waals surface area contributed by atoms with E-state index in [1.807, 2.05) is 0 Å². The summed E-state index contributed by atoms with van der Waals surface area (Å²) in [5.74, 6) is -0.468. The number of benzene rings is 1. The molecule has 1 aromatic rings. The number of hydrogen-bond acceptors (Lipinski definition) is 4. The first-order valence-electron chi connectivity index (χ1n) is 10.6. The van der Waals surface area contributed by atoms with Gasteiger partial charge in [0, 0.05) is 0 Å². The van der Waals surface area contributed by atoms with E-state index < -0.39 is 52.5 Å². The Labute approximate surface area is 190 Å². The molecule has 4 rings (SSSR count). The smallest absolute Gasteiger partial charge is 0.416 e. The molecule has 1 unspecified atom stereocenters. The molecule has 0 heterocycles. The van der Waals surface area contributed by atoms with Crippen LogP contribution in [0.25, 0.3) is 0 Å². The van der Waals surface area contributed by atoms with Crippen LogP contribution >= 0.6 is 0 Å². The number of carbonyl (C=O) groups is 3. The second kappa shape index (κ2) is 8.11. The van der Waals surface area contributed by atoms with Crippen LogP contribution in [0.2, 0.25) is 0 Å². The molecule has 3 aliphatic rings. The Balaban J connectivity index is 1.79. The highest BCUT2D eigenvalue weighted by Crippen LogP contribution is 2.65. The van der Waals surface area contributed by atoms with Crippen molar-refractivity contribution in [3.63, 3.8) is 0 Å². The highest BCUT2D eigenvalue weighted by Gasteiger charge is 2.72. The van der Waals surface area contributed by atoms with Crippen molar-refractivity contribution < 1.29 is 32.3 Å². The second-order valence-electron chi connectivity index (χ2n) is 9.94. The first-order chi connectivity index (χ1) is 15.1. The zero-order valence-corrected chi connectivity index (χ0v) is 19.0. The van der Waals surface area contributed by atoms with Crippen molar-refractivity contribution in [1.82, 2.24) is 15.5 Å². The number of carbonyl (C=O) groups excluding carboxylic acids is 3. The lowest BCUT2D eigenvalue weighted by molar-refractivity contribution is -0.196. The molecule has 4 N–H and O–H groups in total. The molecule has 0 aliphatic heterocycles. The van der Waals surface area contributed by atoms with Crippen molar-refractivity contribution >= 4 is 18.0 Å². The predicted octanol–water partition coefficient (Wildman–Crippen LogP) is 3.46. The molecular formula is C22H29F3N4O4. The lowest BCUT2D eigenvalue weighted by Crippen LogP contribution is -2.84. The van der Waals surface area contributed by atoms with Gasteiger partial charge in [0.15, 0.2) is 0 Å². The summed E-state index contributed by atoms with van der Waals surface area (Å²) < 4.78 is 44.9. The summed E-state index contributed by atoms with van der Waals surface area (Å²) in [7, 11) is 0. The Kier molecular flexibility index (Phi) is 6.06. The molecule has 4 amide bonds. The summed E-state index contributed by atoms with van der Waals surface area (Å²) in [5.41, 5.74) is 2.76. The summed E-state index contributed by atoms with van der Waals surface area (Å²) >= 11 is 0. The Hall–Kier alpha value is -2.98. The summed E-state index contributed by atoms with van der Waals surface area (Å²) in [6, 6.07) is 3.24. The average molecular weight is 470 g/mol. The van der Waals surface area contributed by atoms with Gasteiger partial charge in [0.2, 0.25) is 5.91 Å². The fourth-order valence-corrected chi connectivity index (χ4v) is 4.91. The molecule has 33 heavy (non-hydrogen) atoms. The normalized spacial score (nSPS) is 24.6. The maximum Gasteiger partial charge on any atom is 0.416 e. The molecule has 11 heteroatoms. The monoisotopic (exact) mass is 470 g/mol. The van der Waals surface area contributed by atoms with Crippen molar-refractivity contribution in [2.24, 2.45) is 5.73 Å². The zero-order valence-electron chi connectivity index (χ0n) is 19.0. The number of nitrogens with zero attached hydrogens (tertiary/aromatic N) is 1. The van der Waals surface area contributed by atoms with E-state index >= 15 is 0 Å². The van der Waals surface area contributed by atoms with E-state index in [0.29, 0.717) is 24.8 Å². The Morgan fingerprint density at radius 3 is 2.30 bits per heavy atom. The van der Waals surface area contributed by atoms with E-state index in [1.165, 1.54) is 17.0 Å². The highest BCUT2D eigenvalue weighted by molar-refractivity contribution is 5.85. The minimum Gasteiger partial charge on any atom is -0.444 e. The van der Waals surface area contributed by atoms with Gasteiger partial charge in [0.25, 0.3) is 0 Å². The molecule has 3 aliphatic carbocycles. The van der Waals surface area contributed by atoms with Crippen molar-refractivity contribution in [3.05, 3.63) is 35.4 Å². The average Bonchev–Trinajstić information content (AvgIpc) is 2.61. The van der Waals surface area contributed by atoms with Gasteiger partial charge in [-0.25, -0.2) is 9.59 Å². The van der Waals surface area contributed by atoms with Gasteiger partial charge in [-0.15, -0.1) is 0 Å². The Morgan fingerprint density at radius 2 is 1.79 bits per heavy atom. The van der Waals surface area contributed by atoms with E-state index in [1.54, 1.807) is 27.7 Å². The van der Waals surface area contributed by atoms with Crippen LogP contribution in [0.15, 0.2) is 24.3 Å². The number of alkyl halides is 3. The Bertz CT molecular complexity index is 938. The molecule has 1 aromatic carbocycles. The summed E-state index contributed by atoms with van der Waals surface area (Å²) in [6.07, 6.45) is -3.77. The van der Waals surface area contributed by atoms with Crippen molar-refractivity contribution in [2.75, 3.05) is 6.54 Å². The quantitative estimate of drug-likeness (QED) is 0.591. The molecule has 0 radical (unpaired) electrons. The van der Waals surface area contributed by atoms with Crippen LogP contribution in [0, 0.1) is 0 Å². The van der Waals surface area contributed by atoms with Crippen LogP contribution in [0.3, 0.4) is 0 Å². The Morgan fingerprint density at radius 1 is 1.18 bits per heavy atom. The van der Waals surface area contributed by atoms with Crippen molar-refractivity contribution in [3.8, 4) is 0 Å². The number of nitrogens with two attached hydrogens (primary N) is 1. The third-order valence-corrected chi connectivity index (χ3v) is 6.05. The summed E-state index contributed by atoms with van der Waals surface area (Å²) in [5, 5.41) is 5.10. The van der Waals surface area contributed by atoms with Gasteiger partial charge in [-0.3, -0.25) is 4.79 Å². The number of amides is 4. The number of nitrogens with one attached hydrogen (secondary N) is 2. The molecule has 0 spiro atoms. The number of rotatable bonds is 6. The number of ether oxygens (including phenoxy) is 1. The standard InChI is InChI=1S/C22H29F3N4O4/c1-13(14-6-5-7-15(8-14)22(23,24)25)29(16(30)9-27-17(26)31)21-10-20(11-21,12-21)28-18(32)33-19(2,3)4/h5-8,13H,9-12H2,1-4H3,(H,28,32)(H3,26,27,31). The van der Waals surface area contributed by atoms with Crippen LogP contribution < -0.4 is 16.4 Å². The molecule has 3 saturated carbocycles. The molecule has 0 aromatic heterocycles. The van der Waals surface area contributed by atoms with Crippen LogP contribution in [-0.2, 0) is 15.7 Å². The fourth-order valence-electron chi connectivity index (χ4n) is 4.91. The molecule has 2 bridgehead atoms. The maximum atomic E-state index is 13.2. The van der Waals surface area contributed by atoms with E-state index in [0.717, 1.165) is 12.1 Å². The molecule has 3 fully saturated rings. The third kappa shape index (κ3) is 5.17. The van der Waals surface area contributed by atoms with Crippen LogP contribution in [0.1, 0.15) is 64.1 Å². The number of primary amides is 1. The molecule has 8 nitrogen and oxygen atoms in total. The number of hydrogen-bond donors (Lipinski definition) is 3. The van der Waals surface area contributed by atoms with Gasteiger partial charge in [0.1, 0.15) is 5.60 Å². The highest BCUT2D eigenvalue weighted by atomic mass is 19.4. The van der Waals surface area contributed by atoms with Crippen molar-refractivity contribution in [2.45, 2.75) is 75.9 Å². The topological polar surface area (TPSA) is 114 Å². The third-order valence-electron chi connectivity index (χ3n) is 6.05. The van der Waals surface area contributed by atoms with Gasteiger partial charge < -0.3 is 26.0 Å². The second-order valence-corrected chi connectivity index (χ2v) is 9.94. The first-order valence-corrected chi connectivity index (χ1v) is 10.6. The van der Waals surface area contributed by atoms with Gasteiger partial charge in [-0.05, 0) is 64.7 Å². The van der Waals surface area contributed by atoms with E-state index in [2.05, 4.69) is 10.6 Å². The molecular weight excluding hydrogens is 441 g/mol. The van der Waals surface area contributed by atoms with E-state index in [9.17, 15) is 27.6 Å². The molecule has 0 saturated heterocycles. The minimum absolute atomic E-state index is 0.316. The molecule has 182 valence electrons.